The second-order valence-electron chi connectivity index (χ2n) is 7.85. The highest BCUT2D eigenvalue weighted by Gasteiger charge is 2.28. The van der Waals surface area contributed by atoms with Crippen molar-refractivity contribution in [3.8, 4) is 6.57 Å². The molecule has 1 unspecified atom stereocenters. The van der Waals surface area contributed by atoms with E-state index in [1.54, 1.807) is 36.5 Å². The van der Waals surface area contributed by atoms with E-state index in [-0.39, 0.29) is 17.4 Å². The SMILES string of the molecule is C#N.CC1CN(S(=O)c2ccc(N=C(N)c3c(N[C@@H]4CCCOC4)cc[nH]c3=O)cc2)C1. The van der Waals surface area contributed by atoms with Gasteiger partial charge in [-0.15, -0.1) is 0 Å². The van der Waals surface area contributed by atoms with Crippen LogP contribution in [0.1, 0.15) is 25.3 Å². The Morgan fingerprint density at radius 2 is 2.03 bits per heavy atom. The van der Waals surface area contributed by atoms with Gasteiger partial charge in [0.25, 0.3) is 5.56 Å². The summed E-state index contributed by atoms with van der Waals surface area (Å²) in [7, 11) is -1.15. The number of benzene rings is 1. The Balaban J connectivity index is 0.00000141. The van der Waals surface area contributed by atoms with E-state index < -0.39 is 11.0 Å². The number of amidine groups is 1. The number of hydrogen-bond donors (Lipinski definition) is 3. The number of H-pyrrole nitrogens is 1. The van der Waals surface area contributed by atoms with Gasteiger partial charge in [0.2, 0.25) is 0 Å². The number of aromatic amines is 1. The Morgan fingerprint density at radius 3 is 2.66 bits per heavy atom. The highest BCUT2D eigenvalue weighted by atomic mass is 32.2. The summed E-state index contributed by atoms with van der Waals surface area (Å²) in [6, 6.07) is 9.03. The summed E-state index contributed by atoms with van der Waals surface area (Å²) in [5.41, 5.74) is 7.46. The summed E-state index contributed by atoms with van der Waals surface area (Å²) in [5, 5.41) is 9.86. The third-order valence-corrected chi connectivity index (χ3v) is 6.73. The van der Waals surface area contributed by atoms with Gasteiger partial charge in [0.15, 0.2) is 0 Å². The van der Waals surface area contributed by atoms with Crippen LogP contribution < -0.4 is 16.6 Å². The molecule has 0 amide bonds. The summed E-state index contributed by atoms with van der Waals surface area (Å²) in [4.78, 5) is 20.3. The zero-order valence-corrected chi connectivity index (χ0v) is 18.8. The average molecular weight is 457 g/mol. The third-order valence-electron chi connectivity index (χ3n) is 5.29. The maximum Gasteiger partial charge on any atom is 0.261 e. The maximum absolute atomic E-state index is 12.5. The van der Waals surface area contributed by atoms with Crippen LogP contribution in [0.2, 0.25) is 0 Å². The topological polar surface area (TPSA) is 137 Å². The number of nitriles is 1. The Hall–Kier alpha value is -3.00. The number of ether oxygens (including phenoxy) is 1. The number of nitrogens with one attached hydrogen (secondary N) is 2. The quantitative estimate of drug-likeness (QED) is 0.450. The fourth-order valence-electron chi connectivity index (χ4n) is 3.69. The number of hydrogen-bond acceptors (Lipinski definition) is 6. The summed E-state index contributed by atoms with van der Waals surface area (Å²) in [6.45, 7) is 8.69. The predicted octanol–water partition coefficient (Wildman–Crippen LogP) is 2.12. The Bertz CT molecular complexity index is 1040. The molecular weight excluding hydrogens is 428 g/mol. The lowest BCUT2D eigenvalue weighted by Gasteiger charge is -2.35. The third kappa shape index (κ3) is 5.62. The van der Waals surface area contributed by atoms with E-state index in [1.807, 2.05) is 4.31 Å². The largest absolute Gasteiger partial charge is 0.383 e. The van der Waals surface area contributed by atoms with Crippen molar-refractivity contribution >= 4 is 28.2 Å². The smallest absolute Gasteiger partial charge is 0.261 e. The minimum atomic E-state index is -1.15. The van der Waals surface area contributed by atoms with E-state index >= 15 is 0 Å². The molecule has 9 nitrogen and oxygen atoms in total. The molecule has 0 saturated carbocycles. The summed E-state index contributed by atoms with van der Waals surface area (Å²) >= 11 is 0. The monoisotopic (exact) mass is 456 g/mol. The fourth-order valence-corrected chi connectivity index (χ4v) is 5.13. The van der Waals surface area contributed by atoms with E-state index in [0.29, 0.717) is 29.5 Å². The van der Waals surface area contributed by atoms with E-state index in [4.69, 9.17) is 15.7 Å². The first kappa shape index (κ1) is 23.7. The fraction of sp³-hybridized carbons (Fsp3) is 0.409. The Labute approximate surface area is 189 Å². The van der Waals surface area contributed by atoms with Crippen molar-refractivity contribution in [2.45, 2.75) is 30.7 Å². The molecule has 2 aliphatic heterocycles. The molecule has 2 aromatic rings. The van der Waals surface area contributed by atoms with Crippen LogP contribution in [0.25, 0.3) is 0 Å². The lowest BCUT2D eigenvalue weighted by molar-refractivity contribution is 0.0876. The molecule has 4 N–H and O–H groups in total. The van der Waals surface area contributed by atoms with Crippen molar-refractivity contribution < 1.29 is 8.95 Å². The molecule has 0 aliphatic carbocycles. The number of rotatable bonds is 6. The second-order valence-corrected chi connectivity index (χ2v) is 9.33. The zero-order valence-electron chi connectivity index (χ0n) is 18.0. The summed E-state index contributed by atoms with van der Waals surface area (Å²) in [5.74, 6) is 0.714. The van der Waals surface area contributed by atoms with Gasteiger partial charge in [-0.2, -0.15) is 0 Å². The molecule has 10 heteroatoms. The lowest BCUT2D eigenvalue weighted by Crippen LogP contribution is -2.45. The van der Waals surface area contributed by atoms with Crippen molar-refractivity contribution in [3.63, 3.8) is 0 Å². The van der Waals surface area contributed by atoms with Gasteiger partial charge >= 0.3 is 0 Å². The molecular formula is C22H28N6O3S. The van der Waals surface area contributed by atoms with Gasteiger partial charge in [0, 0.05) is 38.5 Å². The van der Waals surface area contributed by atoms with E-state index in [1.165, 1.54) is 0 Å². The Morgan fingerprint density at radius 1 is 1.31 bits per heavy atom. The molecule has 1 aromatic carbocycles. The highest BCUT2D eigenvalue weighted by Crippen LogP contribution is 2.24. The van der Waals surface area contributed by atoms with Crippen molar-refractivity contribution in [1.29, 1.82) is 5.26 Å². The van der Waals surface area contributed by atoms with Gasteiger partial charge < -0.3 is 20.8 Å². The number of aromatic nitrogens is 1. The minimum Gasteiger partial charge on any atom is -0.383 e. The van der Waals surface area contributed by atoms with Crippen LogP contribution in [0, 0.1) is 17.8 Å². The number of aliphatic imine (C=N–C) groups is 1. The van der Waals surface area contributed by atoms with Crippen LogP contribution in [-0.4, -0.2) is 51.7 Å². The van der Waals surface area contributed by atoms with Crippen molar-refractivity contribution in [2.24, 2.45) is 16.6 Å². The number of nitrogens with two attached hydrogens (primary N) is 1. The van der Waals surface area contributed by atoms with Crippen LogP contribution >= 0.6 is 0 Å². The summed E-state index contributed by atoms with van der Waals surface area (Å²) in [6.07, 6.45) is 3.54. The average Bonchev–Trinajstić information content (AvgIpc) is 2.79. The Kier molecular flexibility index (Phi) is 8.16. The van der Waals surface area contributed by atoms with Crippen molar-refractivity contribution in [1.82, 2.24) is 9.29 Å². The standard InChI is InChI=1S/C21H27N5O3S.CHN/c1-14-11-26(12-14)30(28)17-6-4-15(5-7-17)25-20(22)19-18(8-9-23-21(19)27)24-16-3-2-10-29-13-16;1-2/h4-9,14,16H,2-3,10-13H2,1H3,(H2,22,25)(H2,23,24,27);1H/t16-,30?;/m1./s1. The first-order valence-corrected chi connectivity index (χ1v) is 11.5. The summed E-state index contributed by atoms with van der Waals surface area (Å²) < 4.78 is 20.0. The van der Waals surface area contributed by atoms with Crippen molar-refractivity contribution in [3.05, 3.63) is 52.4 Å². The molecule has 4 rings (SSSR count). The molecule has 2 saturated heterocycles. The molecule has 2 aliphatic rings. The molecule has 0 radical (unpaired) electrons. The van der Waals surface area contributed by atoms with Crippen LogP contribution in [0.4, 0.5) is 11.4 Å². The molecule has 32 heavy (non-hydrogen) atoms. The first-order valence-electron chi connectivity index (χ1n) is 10.4. The van der Waals surface area contributed by atoms with Crippen LogP contribution in [0.15, 0.2) is 51.2 Å². The maximum atomic E-state index is 12.5. The van der Waals surface area contributed by atoms with Gasteiger partial charge in [0.1, 0.15) is 22.4 Å². The van der Waals surface area contributed by atoms with Crippen LogP contribution in [0.5, 0.6) is 0 Å². The van der Waals surface area contributed by atoms with E-state index in [0.717, 1.165) is 37.4 Å². The van der Waals surface area contributed by atoms with Crippen molar-refractivity contribution in [2.75, 3.05) is 31.6 Å². The van der Waals surface area contributed by atoms with Crippen LogP contribution in [-0.2, 0) is 15.7 Å². The van der Waals surface area contributed by atoms with Gasteiger partial charge in [-0.25, -0.2) is 18.8 Å². The molecule has 1 aromatic heterocycles. The van der Waals surface area contributed by atoms with E-state index in [9.17, 15) is 9.00 Å². The highest BCUT2D eigenvalue weighted by molar-refractivity contribution is 7.82. The number of anilines is 1. The molecule has 3 heterocycles. The minimum absolute atomic E-state index is 0.126. The second kappa shape index (κ2) is 11.0. The molecule has 2 atom stereocenters. The number of pyridine rings is 1. The zero-order chi connectivity index (χ0) is 23.1. The van der Waals surface area contributed by atoms with Gasteiger partial charge in [0.05, 0.1) is 22.9 Å². The predicted molar refractivity (Wildman–Crippen MR) is 125 cm³/mol. The normalized spacial score (nSPS) is 20.5. The number of nitrogens with zero attached hydrogens (tertiary/aromatic N) is 3. The molecule has 0 spiro atoms. The molecule has 170 valence electrons. The molecule has 2 fully saturated rings. The lowest BCUT2D eigenvalue weighted by atomic mass is 10.1. The first-order chi connectivity index (χ1) is 15.5. The van der Waals surface area contributed by atoms with Crippen LogP contribution in [0.3, 0.4) is 0 Å². The van der Waals surface area contributed by atoms with Gasteiger partial charge in [-0.05, 0) is 49.1 Å². The van der Waals surface area contributed by atoms with Gasteiger partial charge in [-0.3, -0.25) is 4.79 Å². The molecule has 0 bridgehead atoms. The van der Waals surface area contributed by atoms with E-state index in [2.05, 4.69) is 28.8 Å². The van der Waals surface area contributed by atoms with Gasteiger partial charge in [-0.1, -0.05) is 6.92 Å².